The zero-order chi connectivity index (χ0) is 34.3. The molecule has 0 radical (unpaired) electrons. The van der Waals surface area contributed by atoms with Crippen molar-refractivity contribution in [3.05, 3.63) is 96.1 Å². The lowest BCUT2D eigenvalue weighted by atomic mass is 10.1. The third-order valence-electron chi connectivity index (χ3n) is 6.45. The molecule has 0 saturated heterocycles. The van der Waals surface area contributed by atoms with Gasteiger partial charge in [0.1, 0.15) is 5.75 Å². The van der Waals surface area contributed by atoms with E-state index in [4.69, 9.17) is 8.37 Å². The van der Waals surface area contributed by atoms with E-state index in [1.807, 2.05) is 0 Å². The molecular formula is C29H23F9O4S4. The number of ether oxygens (including phenoxy) is 1. The maximum absolute atomic E-state index is 15.1. The van der Waals surface area contributed by atoms with Crippen molar-refractivity contribution >= 4 is 43.5 Å². The topological polar surface area (TPSA) is 52.6 Å². The van der Waals surface area contributed by atoms with Crippen LogP contribution in [0.15, 0.2) is 108 Å². The minimum absolute atomic E-state index is 0.110. The molecular weight excluding hydrogens is 712 g/mol. The largest absolute Gasteiger partial charge is 0.497 e. The summed E-state index contributed by atoms with van der Waals surface area (Å²) in [7, 11) is -9.89. The SMILES string of the molecule is COc1ccc(Sc2ccc(S(OS(=O)(=O)C(F)(F)C(F)(F)C(F)(F)C(F)(F)F)(c3ccc(C)cc3)c3ccc(C)cc3)s2)cc1. The number of benzene rings is 3. The van der Waals surface area contributed by atoms with Crippen molar-refractivity contribution in [3.63, 3.8) is 0 Å². The first-order valence-electron chi connectivity index (χ1n) is 12.7. The summed E-state index contributed by atoms with van der Waals surface area (Å²) in [6.07, 6.45) is -7.23. The maximum Gasteiger partial charge on any atom is 0.460 e. The normalized spacial score (nSPS) is 13.9. The van der Waals surface area contributed by atoms with E-state index in [1.165, 1.54) is 67.8 Å². The molecule has 17 heteroatoms. The van der Waals surface area contributed by atoms with E-state index < -0.39 is 43.7 Å². The van der Waals surface area contributed by atoms with Crippen LogP contribution in [-0.4, -0.2) is 38.8 Å². The summed E-state index contributed by atoms with van der Waals surface area (Å²) in [6, 6.07) is 20.3. The van der Waals surface area contributed by atoms with Gasteiger partial charge in [0.25, 0.3) is 0 Å². The summed E-state index contributed by atoms with van der Waals surface area (Å²) < 4.78 is 162. The molecule has 0 fully saturated rings. The fourth-order valence-electron chi connectivity index (χ4n) is 3.91. The number of hydrogen-bond donors (Lipinski definition) is 0. The summed E-state index contributed by atoms with van der Waals surface area (Å²) in [6.45, 7) is 3.26. The Kier molecular flexibility index (Phi) is 9.88. The van der Waals surface area contributed by atoms with Crippen molar-refractivity contribution in [2.24, 2.45) is 0 Å². The van der Waals surface area contributed by atoms with E-state index >= 15 is 8.78 Å². The van der Waals surface area contributed by atoms with Crippen LogP contribution in [0.3, 0.4) is 0 Å². The lowest BCUT2D eigenvalue weighted by molar-refractivity contribution is -0.382. The van der Waals surface area contributed by atoms with Crippen LogP contribution in [0.25, 0.3) is 0 Å². The van der Waals surface area contributed by atoms with Crippen LogP contribution in [0, 0.1) is 13.8 Å². The molecule has 1 aromatic heterocycles. The third-order valence-corrected chi connectivity index (χ3v) is 14.4. The first-order chi connectivity index (χ1) is 21.2. The predicted octanol–water partition coefficient (Wildman–Crippen LogP) is 10.5. The van der Waals surface area contributed by atoms with Crippen molar-refractivity contribution in [1.82, 2.24) is 0 Å². The molecule has 4 aromatic rings. The van der Waals surface area contributed by atoms with Gasteiger partial charge in [0.2, 0.25) is 0 Å². The van der Waals surface area contributed by atoms with E-state index in [1.54, 1.807) is 38.1 Å². The Hall–Kier alpha value is -2.86. The summed E-state index contributed by atoms with van der Waals surface area (Å²) in [4.78, 5) is 0.375. The number of aryl methyl sites for hydroxylation is 2. The second kappa shape index (κ2) is 12.6. The average molecular weight is 735 g/mol. The summed E-state index contributed by atoms with van der Waals surface area (Å²) >= 11 is 1.98. The Morgan fingerprint density at radius 1 is 0.652 bits per heavy atom. The van der Waals surface area contributed by atoms with Gasteiger partial charge in [0.15, 0.2) is 0 Å². The molecule has 3 aromatic carbocycles. The summed E-state index contributed by atoms with van der Waals surface area (Å²) in [5.74, 6) is -14.4. The minimum atomic E-state index is -7.46. The van der Waals surface area contributed by atoms with Gasteiger partial charge in [-0.2, -0.15) is 47.9 Å². The number of thiophene rings is 1. The molecule has 250 valence electrons. The second-order valence-corrected chi connectivity index (χ2v) is 16.9. The van der Waals surface area contributed by atoms with Gasteiger partial charge >= 0.3 is 33.4 Å². The Bertz CT molecular complexity index is 1730. The van der Waals surface area contributed by atoms with Gasteiger partial charge < -0.3 is 4.74 Å². The second-order valence-electron chi connectivity index (χ2n) is 9.72. The molecule has 0 N–H and O–H groups in total. The molecule has 0 aliphatic carbocycles. The third kappa shape index (κ3) is 6.35. The Morgan fingerprint density at radius 3 is 1.57 bits per heavy atom. The number of rotatable bonds is 11. The quantitative estimate of drug-likeness (QED) is 0.144. The number of halogens is 9. The summed E-state index contributed by atoms with van der Waals surface area (Å²) in [5.41, 5.74) is 1.21. The fraction of sp³-hybridized carbons (Fsp3) is 0.241. The zero-order valence-electron chi connectivity index (χ0n) is 23.8. The van der Waals surface area contributed by atoms with Gasteiger partial charge in [0, 0.05) is 14.7 Å². The molecule has 0 unspecified atom stereocenters. The van der Waals surface area contributed by atoms with Crippen molar-refractivity contribution in [2.75, 3.05) is 7.11 Å². The van der Waals surface area contributed by atoms with E-state index in [-0.39, 0.29) is 14.0 Å². The molecule has 4 nitrogen and oxygen atoms in total. The van der Waals surface area contributed by atoms with Gasteiger partial charge in [-0.25, -0.2) is 3.63 Å². The van der Waals surface area contributed by atoms with Crippen LogP contribution >= 0.6 is 33.4 Å². The van der Waals surface area contributed by atoms with E-state index in [0.29, 0.717) is 26.0 Å². The maximum atomic E-state index is 15.1. The van der Waals surface area contributed by atoms with Crippen molar-refractivity contribution < 1.29 is 56.3 Å². The minimum Gasteiger partial charge on any atom is -0.497 e. The Morgan fingerprint density at radius 2 is 1.13 bits per heavy atom. The predicted molar refractivity (Wildman–Crippen MR) is 157 cm³/mol. The van der Waals surface area contributed by atoms with Crippen LogP contribution in [0.4, 0.5) is 39.5 Å². The van der Waals surface area contributed by atoms with Gasteiger partial charge in [-0.15, -0.1) is 11.3 Å². The highest BCUT2D eigenvalue weighted by molar-refractivity contribution is 8.34. The first-order valence-corrected chi connectivity index (χ1v) is 17.3. The van der Waals surface area contributed by atoms with E-state index in [9.17, 15) is 39.2 Å². The molecule has 0 aliphatic rings. The first kappa shape index (κ1) is 36.0. The van der Waals surface area contributed by atoms with Crippen molar-refractivity contribution in [3.8, 4) is 5.75 Å². The van der Waals surface area contributed by atoms with Crippen molar-refractivity contribution in [1.29, 1.82) is 0 Å². The van der Waals surface area contributed by atoms with Crippen molar-refractivity contribution in [2.45, 2.75) is 60.2 Å². The van der Waals surface area contributed by atoms with Gasteiger partial charge in [-0.05, 0) is 84.8 Å². The molecule has 46 heavy (non-hydrogen) atoms. The van der Waals surface area contributed by atoms with Crippen LogP contribution in [0.1, 0.15) is 11.1 Å². The van der Waals surface area contributed by atoms with Gasteiger partial charge in [-0.3, -0.25) is 0 Å². The zero-order valence-corrected chi connectivity index (χ0v) is 27.0. The molecule has 0 bridgehead atoms. The molecule has 0 aliphatic heterocycles. The highest BCUT2D eigenvalue weighted by Crippen LogP contribution is 2.73. The lowest BCUT2D eigenvalue weighted by Gasteiger charge is -2.40. The number of hydrogen-bond acceptors (Lipinski definition) is 6. The molecule has 1 heterocycles. The van der Waals surface area contributed by atoms with Crippen LogP contribution in [0.5, 0.6) is 5.75 Å². The number of alkyl halides is 9. The number of methoxy groups -OCH3 is 1. The fourth-order valence-corrected chi connectivity index (χ4v) is 12.3. The highest BCUT2D eigenvalue weighted by Gasteiger charge is 2.86. The monoisotopic (exact) mass is 734 g/mol. The molecule has 0 saturated carbocycles. The van der Waals surface area contributed by atoms with Crippen LogP contribution in [0.2, 0.25) is 0 Å². The standard InChI is InChI=1S/C29H23F9O4S4/c1-18-4-12-22(13-5-18)45(23-14-6-19(2)7-15-23,25-17-16-24(44-25)43-21-10-8-20(41-3)9-11-21)42-46(39,40)29(37,38)27(32,33)26(30,31)28(34,35)36/h4-17H,1-3H3. The van der Waals surface area contributed by atoms with Gasteiger partial charge in [-0.1, -0.05) is 47.2 Å². The van der Waals surface area contributed by atoms with Crippen LogP contribution in [-0.2, 0) is 13.7 Å². The van der Waals surface area contributed by atoms with E-state index in [0.717, 1.165) is 23.1 Å². The Labute approximate surface area is 268 Å². The summed E-state index contributed by atoms with van der Waals surface area (Å²) in [5, 5.41) is -7.05. The average Bonchev–Trinajstić information content (AvgIpc) is 3.45. The highest BCUT2D eigenvalue weighted by atomic mass is 32.3. The van der Waals surface area contributed by atoms with E-state index in [2.05, 4.69) is 0 Å². The Balaban J connectivity index is 1.96. The molecule has 4 rings (SSSR count). The molecule has 0 atom stereocenters. The smallest absolute Gasteiger partial charge is 0.460 e. The molecule has 0 spiro atoms. The lowest BCUT2D eigenvalue weighted by Crippen LogP contribution is -2.63. The van der Waals surface area contributed by atoms with Crippen LogP contribution < -0.4 is 4.74 Å². The van der Waals surface area contributed by atoms with Gasteiger partial charge in [0.05, 0.1) is 15.5 Å². The molecule has 0 amide bonds.